The molecule has 2 aliphatic rings. The van der Waals surface area contributed by atoms with Gasteiger partial charge >= 0.3 is 6.03 Å². The predicted octanol–water partition coefficient (Wildman–Crippen LogP) is 2.69. The Hall–Kier alpha value is -0.770. The zero-order chi connectivity index (χ0) is 14.8. The second-order valence-electron chi connectivity index (χ2n) is 7.54. The van der Waals surface area contributed by atoms with Crippen molar-refractivity contribution in [3.05, 3.63) is 0 Å². The Morgan fingerprint density at radius 3 is 2.05 bits per heavy atom. The van der Waals surface area contributed by atoms with E-state index in [0.717, 1.165) is 25.9 Å². The summed E-state index contributed by atoms with van der Waals surface area (Å²) in [5, 5.41) is 3.83. The van der Waals surface area contributed by atoms with Crippen LogP contribution in [0.25, 0.3) is 0 Å². The van der Waals surface area contributed by atoms with Crippen molar-refractivity contribution in [3.8, 4) is 0 Å². The fourth-order valence-corrected chi connectivity index (χ4v) is 3.42. The van der Waals surface area contributed by atoms with Gasteiger partial charge in [0.05, 0.1) is 0 Å². The second-order valence-corrected chi connectivity index (χ2v) is 7.54. The van der Waals surface area contributed by atoms with Crippen LogP contribution in [0.3, 0.4) is 0 Å². The first kappa shape index (κ1) is 15.6. The molecule has 20 heavy (non-hydrogen) atoms. The van der Waals surface area contributed by atoms with Crippen LogP contribution in [0.2, 0.25) is 0 Å². The number of urea groups is 1. The SMILES string of the molecule is CN(C)C(=O)N1CCC(NC2CCC(C)(C)CC2)CC1. The van der Waals surface area contributed by atoms with Crippen LogP contribution >= 0.6 is 0 Å². The normalized spacial score (nSPS) is 24.7. The topological polar surface area (TPSA) is 35.6 Å². The van der Waals surface area contributed by atoms with E-state index in [-0.39, 0.29) is 6.03 Å². The highest BCUT2D eigenvalue weighted by Gasteiger charge is 2.29. The molecule has 1 aliphatic carbocycles. The van der Waals surface area contributed by atoms with Crippen LogP contribution in [0.1, 0.15) is 52.4 Å². The van der Waals surface area contributed by atoms with Crippen LogP contribution in [0.4, 0.5) is 4.79 Å². The molecule has 0 atom stereocenters. The largest absolute Gasteiger partial charge is 0.331 e. The number of hydrogen-bond acceptors (Lipinski definition) is 2. The highest BCUT2D eigenvalue weighted by Crippen LogP contribution is 2.35. The van der Waals surface area contributed by atoms with Gasteiger partial charge in [0, 0.05) is 39.3 Å². The Labute approximate surface area is 123 Å². The van der Waals surface area contributed by atoms with Crippen molar-refractivity contribution in [3.63, 3.8) is 0 Å². The molecule has 116 valence electrons. The summed E-state index contributed by atoms with van der Waals surface area (Å²) in [6.45, 7) is 6.56. The summed E-state index contributed by atoms with van der Waals surface area (Å²) in [6.07, 6.45) is 7.48. The Bertz CT molecular complexity index is 323. The number of hydrogen-bond donors (Lipinski definition) is 1. The molecular weight excluding hydrogens is 250 g/mol. The summed E-state index contributed by atoms with van der Waals surface area (Å²) in [6, 6.07) is 1.46. The second kappa shape index (κ2) is 6.33. The van der Waals surface area contributed by atoms with E-state index in [1.807, 2.05) is 19.0 Å². The van der Waals surface area contributed by atoms with Crippen molar-refractivity contribution in [2.75, 3.05) is 27.2 Å². The van der Waals surface area contributed by atoms with Gasteiger partial charge in [0.1, 0.15) is 0 Å². The molecule has 2 rings (SSSR count). The van der Waals surface area contributed by atoms with Crippen molar-refractivity contribution < 1.29 is 4.79 Å². The van der Waals surface area contributed by atoms with Gasteiger partial charge in [-0.1, -0.05) is 13.8 Å². The molecule has 1 N–H and O–H groups in total. The lowest BCUT2D eigenvalue weighted by Gasteiger charge is -2.39. The van der Waals surface area contributed by atoms with Crippen molar-refractivity contribution in [1.29, 1.82) is 0 Å². The molecule has 4 heteroatoms. The molecule has 0 aromatic heterocycles. The Morgan fingerprint density at radius 2 is 1.55 bits per heavy atom. The maximum Gasteiger partial charge on any atom is 0.319 e. The van der Waals surface area contributed by atoms with Crippen molar-refractivity contribution in [2.45, 2.75) is 64.5 Å². The first-order valence-corrected chi connectivity index (χ1v) is 8.10. The Balaban J connectivity index is 1.71. The molecule has 1 aliphatic heterocycles. The maximum absolute atomic E-state index is 11.9. The minimum atomic E-state index is 0.155. The summed E-state index contributed by atoms with van der Waals surface area (Å²) >= 11 is 0. The summed E-state index contributed by atoms with van der Waals surface area (Å²) in [4.78, 5) is 15.5. The lowest BCUT2D eigenvalue weighted by atomic mass is 9.75. The smallest absolute Gasteiger partial charge is 0.319 e. The first-order valence-electron chi connectivity index (χ1n) is 8.10. The number of nitrogens with one attached hydrogen (secondary N) is 1. The van der Waals surface area contributed by atoms with Gasteiger partial charge in [-0.25, -0.2) is 4.79 Å². The van der Waals surface area contributed by atoms with Gasteiger partial charge in [0.15, 0.2) is 0 Å². The fourth-order valence-electron chi connectivity index (χ4n) is 3.42. The van der Waals surface area contributed by atoms with E-state index >= 15 is 0 Å². The van der Waals surface area contributed by atoms with Gasteiger partial charge in [0.2, 0.25) is 0 Å². The van der Waals surface area contributed by atoms with Crippen LogP contribution in [-0.4, -0.2) is 55.1 Å². The minimum absolute atomic E-state index is 0.155. The van der Waals surface area contributed by atoms with E-state index in [4.69, 9.17) is 0 Å². The number of amides is 2. The highest BCUT2D eigenvalue weighted by atomic mass is 16.2. The van der Waals surface area contributed by atoms with Crippen molar-refractivity contribution in [2.24, 2.45) is 5.41 Å². The third kappa shape index (κ3) is 4.11. The molecule has 1 heterocycles. The van der Waals surface area contributed by atoms with Gasteiger partial charge in [0.25, 0.3) is 0 Å². The molecule has 0 radical (unpaired) electrons. The molecule has 2 fully saturated rings. The maximum atomic E-state index is 11.9. The van der Waals surface area contributed by atoms with Gasteiger partial charge in [-0.2, -0.15) is 0 Å². The highest BCUT2D eigenvalue weighted by molar-refractivity contribution is 5.73. The van der Waals surface area contributed by atoms with E-state index in [2.05, 4.69) is 19.2 Å². The van der Waals surface area contributed by atoms with Gasteiger partial charge in [-0.3, -0.25) is 0 Å². The summed E-state index contributed by atoms with van der Waals surface area (Å²) in [5.41, 5.74) is 0.541. The fraction of sp³-hybridized carbons (Fsp3) is 0.938. The third-order valence-corrected chi connectivity index (χ3v) is 4.96. The monoisotopic (exact) mass is 281 g/mol. The number of piperidine rings is 1. The Morgan fingerprint density at radius 1 is 1.05 bits per heavy atom. The van der Waals surface area contributed by atoms with E-state index in [0.29, 0.717) is 17.5 Å². The molecule has 0 aromatic rings. The molecule has 4 nitrogen and oxygen atoms in total. The summed E-state index contributed by atoms with van der Waals surface area (Å²) in [7, 11) is 3.66. The minimum Gasteiger partial charge on any atom is -0.331 e. The molecule has 0 spiro atoms. The molecule has 1 saturated carbocycles. The van der Waals surface area contributed by atoms with E-state index in [1.165, 1.54) is 25.7 Å². The zero-order valence-corrected chi connectivity index (χ0v) is 13.6. The van der Waals surface area contributed by atoms with Gasteiger partial charge in [-0.05, 0) is 43.9 Å². The summed E-state index contributed by atoms with van der Waals surface area (Å²) in [5.74, 6) is 0. The van der Waals surface area contributed by atoms with Crippen LogP contribution in [0.5, 0.6) is 0 Å². The third-order valence-electron chi connectivity index (χ3n) is 4.96. The number of nitrogens with zero attached hydrogens (tertiary/aromatic N) is 2. The molecular formula is C16H31N3O. The van der Waals surface area contributed by atoms with E-state index in [9.17, 15) is 4.79 Å². The predicted molar refractivity (Wildman–Crippen MR) is 82.9 cm³/mol. The Kier molecular flexibility index (Phi) is 4.95. The standard InChI is InChI=1S/C16H31N3O/c1-16(2)9-5-13(6-10-16)17-14-7-11-19(12-8-14)15(20)18(3)4/h13-14,17H,5-12H2,1-4H3. The zero-order valence-electron chi connectivity index (χ0n) is 13.6. The molecule has 0 aromatic carbocycles. The molecule has 0 bridgehead atoms. The lowest BCUT2D eigenvalue weighted by Crippen LogP contribution is -2.50. The number of rotatable bonds is 2. The average molecular weight is 281 g/mol. The molecule has 2 amide bonds. The van der Waals surface area contributed by atoms with Gasteiger partial charge < -0.3 is 15.1 Å². The molecule has 1 saturated heterocycles. The van der Waals surface area contributed by atoms with Crippen LogP contribution < -0.4 is 5.32 Å². The number of carbonyl (C=O) groups excluding carboxylic acids is 1. The van der Waals surface area contributed by atoms with Gasteiger partial charge in [-0.15, -0.1) is 0 Å². The first-order chi connectivity index (χ1) is 9.37. The van der Waals surface area contributed by atoms with Crippen molar-refractivity contribution in [1.82, 2.24) is 15.1 Å². The molecule has 0 unspecified atom stereocenters. The van der Waals surface area contributed by atoms with Crippen molar-refractivity contribution >= 4 is 6.03 Å². The van der Waals surface area contributed by atoms with E-state index < -0.39 is 0 Å². The van der Waals surface area contributed by atoms with Crippen LogP contribution in [0, 0.1) is 5.41 Å². The van der Waals surface area contributed by atoms with E-state index in [1.54, 1.807) is 4.90 Å². The van der Waals surface area contributed by atoms with Crippen LogP contribution in [-0.2, 0) is 0 Å². The summed E-state index contributed by atoms with van der Waals surface area (Å²) < 4.78 is 0. The lowest BCUT2D eigenvalue weighted by molar-refractivity contribution is 0.143. The quantitative estimate of drug-likeness (QED) is 0.844. The number of carbonyl (C=O) groups is 1. The van der Waals surface area contributed by atoms with Crippen LogP contribution in [0.15, 0.2) is 0 Å². The average Bonchev–Trinajstić information content (AvgIpc) is 2.41. The number of likely N-dealkylation sites (tertiary alicyclic amines) is 1.